The minimum Gasteiger partial charge on any atom is -0.325 e. The zero-order valence-electron chi connectivity index (χ0n) is 11.5. The third-order valence-corrected chi connectivity index (χ3v) is 5.38. The van der Waals surface area contributed by atoms with E-state index in [-0.39, 0.29) is 14.9 Å². The molecule has 0 aliphatic carbocycles. The van der Waals surface area contributed by atoms with Gasteiger partial charge in [-0.15, -0.1) is 0 Å². The molecule has 23 heavy (non-hydrogen) atoms. The highest BCUT2D eigenvalue weighted by Crippen LogP contribution is 2.24. The molecule has 0 aromatic heterocycles. The first kappa shape index (κ1) is 18.2. The second-order valence-electron chi connectivity index (χ2n) is 4.45. The predicted octanol–water partition coefficient (Wildman–Crippen LogP) is 3.67. The molecule has 0 atom stereocenters. The van der Waals surface area contributed by atoms with Crippen LogP contribution >= 0.6 is 39.1 Å². The van der Waals surface area contributed by atoms with Crippen LogP contribution in [0.2, 0.25) is 10.0 Å². The molecule has 0 saturated carbocycles. The van der Waals surface area contributed by atoms with Gasteiger partial charge in [-0.05, 0) is 42.5 Å². The molecular weight excluding hydrogens is 427 g/mol. The predicted molar refractivity (Wildman–Crippen MR) is 94.4 cm³/mol. The van der Waals surface area contributed by atoms with Crippen molar-refractivity contribution in [3.05, 3.63) is 57.0 Å². The summed E-state index contributed by atoms with van der Waals surface area (Å²) in [6, 6.07) is 11.0. The van der Waals surface area contributed by atoms with Crippen molar-refractivity contribution in [2.24, 2.45) is 0 Å². The summed E-state index contributed by atoms with van der Waals surface area (Å²) in [5.41, 5.74) is 0.554. The van der Waals surface area contributed by atoms with Gasteiger partial charge >= 0.3 is 0 Å². The van der Waals surface area contributed by atoms with Crippen LogP contribution in [0.4, 0.5) is 5.69 Å². The van der Waals surface area contributed by atoms with Crippen molar-refractivity contribution in [2.45, 2.75) is 4.90 Å². The Balaban J connectivity index is 2.02. The molecule has 0 heterocycles. The number of anilines is 1. The molecule has 0 aliphatic heterocycles. The average molecular weight is 438 g/mol. The highest BCUT2D eigenvalue weighted by Gasteiger charge is 2.19. The van der Waals surface area contributed by atoms with E-state index >= 15 is 0 Å². The SMILES string of the molecule is O=C(CNS(=O)(=O)c1cc(Cl)ccc1Cl)Nc1ccc(Br)cc1. The van der Waals surface area contributed by atoms with E-state index in [0.717, 1.165) is 4.47 Å². The maximum absolute atomic E-state index is 12.2. The van der Waals surface area contributed by atoms with Crippen LogP contribution in [0.15, 0.2) is 51.8 Å². The Morgan fingerprint density at radius 3 is 2.39 bits per heavy atom. The third-order valence-electron chi connectivity index (χ3n) is 2.73. The number of benzene rings is 2. The van der Waals surface area contributed by atoms with Crippen LogP contribution in [0.3, 0.4) is 0 Å². The minimum absolute atomic E-state index is 0.0233. The number of hydrogen-bond acceptors (Lipinski definition) is 3. The van der Waals surface area contributed by atoms with Crippen LogP contribution < -0.4 is 10.0 Å². The first-order chi connectivity index (χ1) is 10.8. The Morgan fingerprint density at radius 2 is 1.74 bits per heavy atom. The van der Waals surface area contributed by atoms with Gasteiger partial charge in [0.2, 0.25) is 15.9 Å². The Labute approximate surface area is 152 Å². The van der Waals surface area contributed by atoms with Crippen molar-refractivity contribution in [2.75, 3.05) is 11.9 Å². The van der Waals surface area contributed by atoms with Gasteiger partial charge in [-0.25, -0.2) is 13.1 Å². The molecule has 2 aromatic rings. The highest BCUT2D eigenvalue weighted by molar-refractivity contribution is 9.10. The normalized spacial score (nSPS) is 11.3. The van der Waals surface area contributed by atoms with E-state index in [2.05, 4.69) is 26.0 Å². The van der Waals surface area contributed by atoms with Crippen molar-refractivity contribution in [3.8, 4) is 0 Å². The Kier molecular flexibility index (Phi) is 6.05. The first-order valence-electron chi connectivity index (χ1n) is 6.28. The Morgan fingerprint density at radius 1 is 1.09 bits per heavy atom. The third kappa shape index (κ3) is 5.19. The molecule has 0 saturated heterocycles. The molecule has 2 rings (SSSR count). The maximum atomic E-state index is 12.2. The summed E-state index contributed by atoms with van der Waals surface area (Å²) >= 11 is 14.9. The number of nitrogens with one attached hydrogen (secondary N) is 2. The molecule has 2 N–H and O–H groups in total. The van der Waals surface area contributed by atoms with Gasteiger partial charge in [0.1, 0.15) is 4.90 Å². The summed E-state index contributed by atoms with van der Waals surface area (Å²) in [6.07, 6.45) is 0. The van der Waals surface area contributed by atoms with E-state index < -0.39 is 22.5 Å². The van der Waals surface area contributed by atoms with Gasteiger partial charge in [0, 0.05) is 15.2 Å². The maximum Gasteiger partial charge on any atom is 0.242 e. The van der Waals surface area contributed by atoms with Gasteiger partial charge in [-0.3, -0.25) is 4.79 Å². The number of sulfonamides is 1. The van der Waals surface area contributed by atoms with Crippen molar-refractivity contribution >= 4 is 60.7 Å². The standard InChI is InChI=1S/C14H11BrCl2N2O3S/c15-9-1-4-11(5-2-9)19-14(20)8-18-23(21,22)13-7-10(16)3-6-12(13)17/h1-7,18H,8H2,(H,19,20). The molecular formula is C14H11BrCl2N2O3S. The number of carbonyl (C=O) groups is 1. The Bertz CT molecular complexity index is 826. The summed E-state index contributed by atoms with van der Waals surface area (Å²) in [6.45, 7) is -0.429. The van der Waals surface area contributed by atoms with Crippen LogP contribution in [0, 0.1) is 0 Å². The van der Waals surface area contributed by atoms with E-state index in [0.29, 0.717) is 5.69 Å². The van der Waals surface area contributed by atoms with E-state index in [1.807, 2.05) is 0 Å². The van der Waals surface area contributed by atoms with Crippen molar-refractivity contribution in [1.82, 2.24) is 4.72 Å². The van der Waals surface area contributed by atoms with Gasteiger partial charge in [0.05, 0.1) is 11.6 Å². The summed E-state index contributed by atoms with van der Waals surface area (Å²) in [4.78, 5) is 11.6. The van der Waals surface area contributed by atoms with Crippen LogP contribution in [-0.2, 0) is 14.8 Å². The summed E-state index contributed by atoms with van der Waals surface area (Å²) < 4.78 is 27.4. The molecule has 0 fully saturated rings. The number of halogens is 3. The van der Waals surface area contributed by atoms with Gasteiger partial charge in [0.15, 0.2) is 0 Å². The molecule has 9 heteroatoms. The molecule has 5 nitrogen and oxygen atoms in total. The lowest BCUT2D eigenvalue weighted by molar-refractivity contribution is -0.115. The second-order valence-corrected chi connectivity index (χ2v) is 7.95. The summed E-state index contributed by atoms with van der Waals surface area (Å²) in [5.74, 6) is -0.506. The van der Waals surface area contributed by atoms with Crippen molar-refractivity contribution in [3.63, 3.8) is 0 Å². The van der Waals surface area contributed by atoms with Crippen LogP contribution in [0.5, 0.6) is 0 Å². The molecule has 1 amide bonds. The lowest BCUT2D eigenvalue weighted by Crippen LogP contribution is -2.33. The number of amides is 1. The van der Waals surface area contributed by atoms with Gasteiger partial charge < -0.3 is 5.32 Å². The summed E-state index contributed by atoms with van der Waals surface area (Å²) in [5, 5.41) is 2.83. The fourth-order valence-electron chi connectivity index (χ4n) is 1.66. The number of hydrogen-bond donors (Lipinski definition) is 2. The van der Waals surface area contributed by atoms with Crippen molar-refractivity contribution in [1.29, 1.82) is 0 Å². The Hall–Kier alpha value is -1.12. The average Bonchev–Trinajstić information content (AvgIpc) is 2.50. The van der Waals surface area contributed by atoms with Crippen LogP contribution in [-0.4, -0.2) is 20.9 Å². The number of rotatable bonds is 5. The zero-order chi connectivity index (χ0) is 17.0. The van der Waals surface area contributed by atoms with Gasteiger partial charge in [0.25, 0.3) is 0 Å². The molecule has 2 aromatic carbocycles. The van der Waals surface area contributed by atoms with E-state index in [1.165, 1.54) is 18.2 Å². The van der Waals surface area contributed by atoms with E-state index in [9.17, 15) is 13.2 Å². The quantitative estimate of drug-likeness (QED) is 0.749. The second kappa shape index (κ2) is 7.63. The summed E-state index contributed by atoms with van der Waals surface area (Å²) in [7, 11) is -3.94. The lowest BCUT2D eigenvalue weighted by Gasteiger charge is -2.09. The minimum atomic E-state index is -3.94. The van der Waals surface area contributed by atoms with Gasteiger partial charge in [-0.2, -0.15) is 0 Å². The molecule has 0 spiro atoms. The lowest BCUT2D eigenvalue weighted by atomic mass is 10.3. The van der Waals surface area contributed by atoms with Crippen LogP contribution in [0.25, 0.3) is 0 Å². The molecule has 0 aliphatic rings. The molecule has 0 unspecified atom stereocenters. The fourth-order valence-corrected chi connectivity index (χ4v) is 3.67. The van der Waals surface area contributed by atoms with Gasteiger partial charge in [-0.1, -0.05) is 39.1 Å². The topological polar surface area (TPSA) is 75.3 Å². The molecule has 122 valence electrons. The fraction of sp³-hybridized carbons (Fsp3) is 0.0714. The smallest absolute Gasteiger partial charge is 0.242 e. The van der Waals surface area contributed by atoms with E-state index in [1.54, 1.807) is 24.3 Å². The monoisotopic (exact) mass is 436 g/mol. The molecule has 0 radical (unpaired) electrons. The zero-order valence-corrected chi connectivity index (χ0v) is 15.4. The van der Waals surface area contributed by atoms with Crippen molar-refractivity contribution < 1.29 is 13.2 Å². The highest BCUT2D eigenvalue weighted by atomic mass is 79.9. The van der Waals surface area contributed by atoms with E-state index in [4.69, 9.17) is 23.2 Å². The van der Waals surface area contributed by atoms with Crippen LogP contribution in [0.1, 0.15) is 0 Å². The number of carbonyl (C=O) groups excluding carboxylic acids is 1. The largest absolute Gasteiger partial charge is 0.325 e. The molecule has 0 bridgehead atoms. The first-order valence-corrected chi connectivity index (χ1v) is 9.31.